The van der Waals surface area contributed by atoms with Crippen LogP contribution >= 0.6 is 11.6 Å². The Morgan fingerprint density at radius 2 is 1.85 bits per heavy atom. The van der Waals surface area contributed by atoms with Gasteiger partial charge in [0.05, 0.1) is 12.6 Å². The number of hydrogen-bond donors (Lipinski definition) is 2. The fraction of sp³-hybridized carbons (Fsp3) is 0.200. The monoisotopic (exact) mass is 374 g/mol. The lowest BCUT2D eigenvalue weighted by Crippen LogP contribution is -2.34. The first-order valence-corrected chi connectivity index (χ1v) is 8.46. The Balaban J connectivity index is 2.43. The number of nitrogens with zero attached hydrogens (tertiary/aromatic N) is 1. The van der Waals surface area contributed by atoms with Crippen molar-refractivity contribution in [3.63, 3.8) is 0 Å². The summed E-state index contributed by atoms with van der Waals surface area (Å²) in [5.41, 5.74) is 0.489. The molecule has 0 saturated carbocycles. The van der Waals surface area contributed by atoms with Crippen LogP contribution in [-0.4, -0.2) is 34.5 Å². The summed E-state index contributed by atoms with van der Waals surface area (Å²) < 4.78 is 0. The topological polar surface area (TPSA) is 69.6 Å². The Hall–Kier alpha value is -2.63. The number of halogens is 1. The van der Waals surface area contributed by atoms with Crippen molar-refractivity contribution in [2.24, 2.45) is 0 Å². The summed E-state index contributed by atoms with van der Waals surface area (Å²) in [6, 6.07) is 6.43. The Bertz CT molecular complexity index is 724. The lowest BCUT2D eigenvalue weighted by molar-refractivity contribution is -0.128. The predicted molar refractivity (Wildman–Crippen MR) is 105 cm³/mol. The summed E-state index contributed by atoms with van der Waals surface area (Å²) in [5.74, 6) is -0.372. The van der Waals surface area contributed by atoms with Crippen molar-refractivity contribution in [2.45, 2.75) is 19.9 Å². The van der Waals surface area contributed by atoms with Crippen molar-refractivity contribution < 1.29 is 14.7 Å². The minimum atomic E-state index is -0.265. The molecule has 1 rings (SSSR count). The van der Waals surface area contributed by atoms with Gasteiger partial charge in [-0.3, -0.25) is 9.59 Å². The van der Waals surface area contributed by atoms with Crippen LogP contribution in [0.2, 0.25) is 5.02 Å². The van der Waals surface area contributed by atoms with Gasteiger partial charge in [-0.15, -0.1) is 0 Å². The number of benzene rings is 1. The molecule has 1 unspecified atom stereocenters. The van der Waals surface area contributed by atoms with Gasteiger partial charge in [-0.2, -0.15) is 0 Å². The van der Waals surface area contributed by atoms with Crippen LogP contribution in [0.15, 0.2) is 73.1 Å². The smallest absolute Gasteiger partial charge is 0.255 e. The quantitative estimate of drug-likeness (QED) is 0.685. The lowest BCUT2D eigenvalue weighted by atomic mass is 10.2. The highest BCUT2D eigenvalue weighted by Crippen LogP contribution is 2.10. The number of carbonyl (C=O) groups is 2. The van der Waals surface area contributed by atoms with Crippen molar-refractivity contribution in [3.05, 3.63) is 83.7 Å². The van der Waals surface area contributed by atoms with Gasteiger partial charge >= 0.3 is 0 Å². The van der Waals surface area contributed by atoms with Crippen molar-refractivity contribution in [1.82, 2.24) is 10.2 Å². The molecule has 0 heterocycles. The van der Waals surface area contributed by atoms with Crippen molar-refractivity contribution in [2.75, 3.05) is 6.61 Å². The molecule has 26 heavy (non-hydrogen) atoms. The number of hydrogen-bond acceptors (Lipinski definition) is 3. The van der Waals surface area contributed by atoms with Crippen LogP contribution in [0.25, 0.3) is 0 Å². The number of aliphatic hydroxyl groups excluding tert-OH is 1. The van der Waals surface area contributed by atoms with Crippen molar-refractivity contribution in [3.8, 4) is 0 Å². The van der Waals surface area contributed by atoms with Gasteiger partial charge in [-0.25, -0.2) is 0 Å². The zero-order valence-electron chi connectivity index (χ0n) is 14.8. The maximum absolute atomic E-state index is 11.9. The second-order valence-electron chi connectivity index (χ2n) is 5.41. The second-order valence-corrected chi connectivity index (χ2v) is 5.85. The first kappa shape index (κ1) is 21.4. The van der Waals surface area contributed by atoms with Crippen LogP contribution in [0.3, 0.4) is 0 Å². The highest BCUT2D eigenvalue weighted by molar-refractivity contribution is 6.30. The van der Waals surface area contributed by atoms with Gasteiger partial charge in [0, 0.05) is 29.9 Å². The zero-order chi connectivity index (χ0) is 19.4. The van der Waals surface area contributed by atoms with E-state index in [4.69, 9.17) is 16.7 Å². The molecule has 6 heteroatoms. The zero-order valence-corrected chi connectivity index (χ0v) is 15.6. The molecular weight excluding hydrogens is 352 g/mol. The summed E-state index contributed by atoms with van der Waals surface area (Å²) in [6.07, 6.45) is 13.6. The molecule has 0 fully saturated rings. The van der Waals surface area contributed by atoms with Gasteiger partial charge in [-0.1, -0.05) is 42.0 Å². The number of amides is 2. The summed E-state index contributed by atoms with van der Waals surface area (Å²) in [5, 5.41) is 12.3. The van der Waals surface area contributed by atoms with E-state index < -0.39 is 0 Å². The third kappa shape index (κ3) is 7.96. The van der Waals surface area contributed by atoms with E-state index >= 15 is 0 Å². The molecule has 0 aliphatic heterocycles. The van der Waals surface area contributed by atoms with E-state index in [0.717, 1.165) is 0 Å². The van der Waals surface area contributed by atoms with E-state index in [2.05, 4.69) is 5.32 Å². The van der Waals surface area contributed by atoms with Gasteiger partial charge in [0.25, 0.3) is 5.91 Å². The first-order chi connectivity index (χ1) is 12.5. The molecule has 138 valence electrons. The molecule has 0 aliphatic rings. The van der Waals surface area contributed by atoms with Crippen LogP contribution in [0.5, 0.6) is 0 Å². The molecule has 0 aromatic heterocycles. The fourth-order valence-electron chi connectivity index (χ4n) is 1.94. The van der Waals surface area contributed by atoms with Crippen molar-refractivity contribution >= 4 is 23.4 Å². The van der Waals surface area contributed by atoms with Crippen LogP contribution in [0.1, 0.15) is 24.2 Å². The van der Waals surface area contributed by atoms with E-state index in [-0.39, 0.29) is 24.5 Å². The normalized spacial score (nSPS) is 13.1. The molecule has 1 aromatic carbocycles. The van der Waals surface area contributed by atoms with Crippen LogP contribution in [0, 0.1) is 0 Å². The van der Waals surface area contributed by atoms with Crippen LogP contribution < -0.4 is 5.32 Å². The minimum absolute atomic E-state index is 0.0980. The van der Waals surface area contributed by atoms with Crippen molar-refractivity contribution in [1.29, 1.82) is 0 Å². The van der Waals surface area contributed by atoms with Gasteiger partial charge in [0.2, 0.25) is 5.91 Å². The Kier molecular flexibility index (Phi) is 9.75. The molecular formula is C20H23ClN2O3. The number of rotatable bonds is 8. The van der Waals surface area contributed by atoms with Gasteiger partial charge < -0.3 is 15.3 Å². The molecule has 0 radical (unpaired) electrons. The first-order valence-electron chi connectivity index (χ1n) is 8.08. The van der Waals surface area contributed by atoms with E-state index in [1.807, 2.05) is 0 Å². The lowest BCUT2D eigenvalue weighted by Gasteiger charge is -2.22. The molecule has 0 aliphatic carbocycles. The van der Waals surface area contributed by atoms with Crippen LogP contribution in [-0.2, 0) is 4.79 Å². The number of nitrogens with one attached hydrogen (secondary N) is 1. The summed E-state index contributed by atoms with van der Waals surface area (Å²) in [7, 11) is 0. The average Bonchev–Trinajstić information content (AvgIpc) is 2.62. The third-order valence-electron chi connectivity index (χ3n) is 3.30. The second kappa shape index (κ2) is 11.8. The molecule has 2 amide bonds. The average molecular weight is 375 g/mol. The van der Waals surface area contributed by atoms with Gasteiger partial charge in [0.1, 0.15) is 0 Å². The highest BCUT2D eigenvalue weighted by atomic mass is 35.5. The van der Waals surface area contributed by atoms with E-state index in [1.54, 1.807) is 73.8 Å². The summed E-state index contributed by atoms with van der Waals surface area (Å²) in [4.78, 5) is 24.7. The molecule has 1 atom stereocenters. The molecule has 0 bridgehead atoms. The molecule has 2 N–H and O–H groups in total. The van der Waals surface area contributed by atoms with E-state index in [1.165, 1.54) is 18.0 Å². The summed E-state index contributed by atoms with van der Waals surface area (Å²) in [6.45, 7) is 3.11. The molecule has 0 spiro atoms. The standard InChI is InChI=1S/C20H23ClN2O3/c1-16(15-24)23(17(2)25)13-8-6-4-3-5-7-12-22-20(26)18-10-9-11-19(21)14-18/h3-14,16,24H,15H2,1-2H3,(H,22,26)/b5-3-,6-4+,12-7+,13-8-. The van der Waals surface area contributed by atoms with Gasteiger partial charge in [0.15, 0.2) is 0 Å². The number of aliphatic hydroxyl groups is 1. The van der Waals surface area contributed by atoms with Gasteiger partial charge in [-0.05, 0) is 37.3 Å². The highest BCUT2D eigenvalue weighted by Gasteiger charge is 2.11. The largest absolute Gasteiger partial charge is 0.394 e. The fourth-order valence-corrected chi connectivity index (χ4v) is 2.13. The molecule has 0 saturated heterocycles. The Morgan fingerprint density at radius 1 is 1.19 bits per heavy atom. The Labute approximate surface area is 159 Å². The minimum Gasteiger partial charge on any atom is -0.394 e. The Morgan fingerprint density at radius 3 is 2.46 bits per heavy atom. The van der Waals surface area contributed by atoms with E-state index in [9.17, 15) is 9.59 Å². The maximum Gasteiger partial charge on any atom is 0.255 e. The SMILES string of the molecule is CC(=O)N(\C=C/C=C/C=C\C=C\NC(=O)c1cccc(Cl)c1)C(C)CO. The molecule has 5 nitrogen and oxygen atoms in total. The predicted octanol–water partition coefficient (Wildman–Crippen LogP) is 3.44. The van der Waals surface area contributed by atoms with Crippen LogP contribution in [0.4, 0.5) is 0 Å². The maximum atomic E-state index is 11.9. The van der Waals surface area contributed by atoms with E-state index in [0.29, 0.717) is 10.6 Å². The molecule has 1 aromatic rings. The number of carbonyl (C=O) groups excluding carboxylic acids is 2. The third-order valence-corrected chi connectivity index (χ3v) is 3.54. The number of allylic oxidation sites excluding steroid dienone is 6. The summed E-state index contributed by atoms with van der Waals surface area (Å²) >= 11 is 5.84.